The third-order valence-corrected chi connectivity index (χ3v) is 6.22. The number of benzene rings is 2. The van der Waals surface area contributed by atoms with Crippen molar-refractivity contribution in [2.24, 2.45) is 5.92 Å². The number of aromatic nitrogens is 1. The Morgan fingerprint density at radius 3 is 2.29 bits per heavy atom. The van der Waals surface area contributed by atoms with Crippen LogP contribution in [0.2, 0.25) is 0 Å². The van der Waals surface area contributed by atoms with Gasteiger partial charge >= 0.3 is 0 Å². The molecule has 1 aliphatic rings. The lowest BCUT2D eigenvalue weighted by Gasteiger charge is -2.36. The van der Waals surface area contributed by atoms with Crippen LogP contribution >= 0.6 is 0 Å². The molecule has 3 aromatic rings. The third kappa shape index (κ3) is 3.96. The lowest BCUT2D eigenvalue weighted by molar-refractivity contribution is 0.515. The fraction of sp³-hybridized carbons (Fsp3) is 0.345. The van der Waals surface area contributed by atoms with E-state index in [9.17, 15) is 4.39 Å². The summed E-state index contributed by atoms with van der Waals surface area (Å²) in [6, 6.07) is 15.6. The summed E-state index contributed by atoms with van der Waals surface area (Å²) in [6.45, 7) is 13.4. The maximum Gasteiger partial charge on any atom is 0.123 e. The quantitative estimate of drug-likeness (QED) is 0.420. The van der Waals surface area contributed by atoms with Crippen molar-refractivity contribution in [1.29, 1.82) is 0 Å². The minimum atomic E-state index is -0.208. The molecule has 0 N–H and O–H groups in total. The lowest BCUT2D eigenvalue weighted by atomic mass is 9.69. The van der Waals surface area contributed by atoms with E-state index in [-0.39, 0.29) is 17.2 Å². The van der Waals surface area contributed by atoms with Crippen molar-refractivity contribution in [3.63, 3.8) is 0 Å². The van der Waals surface area contributed by atoms with E-state index < -0.39 is 0 Å². The van der Waals surface area contributed by atoms with E-state index in [1.807, 2.05) is 12.1 Å². The molecule has 0 saturated carbocycles. The first kappa shape index (κ1) is 21.5. The van der Waals surface area contributed by atoms with Crippen LogP contribution in [0.1, 0.15) is 69.8 Å². The maximum atomic E-state index is 13.8. The zero-order valence-corrected chi connectivity index (χ0v) is 19.5. The number of halogens is 1. The molecular formula is C29H32FN. The topological polar surface area (TPSA) is 12.9 Å². The van der Waals surface area contributed by atoms with Crippen molar-refractivity contribution < 1.29 is 4.39 Å². The van der Waals surface area contributed by atoms with Crippen LogP contribution in [0, 0.1) is 11.7 Å². The second-order valence-corrected chi connectivity index (χ2v) is 9.98. The van der Waals surface area contributed by atoms with Crippen molar-refractivity contribution >= 4 is 6.08 Å². The molecule has 1 nitrogen and oxygen atoms in total. The van der Waals surface area contributed by atoms with Gasteiger partial charge in [0, 0.05) is 11.1 Å². The first-order valence-electron chi connectivity index (χ1n) is 11.3. The molecule has 0 unspecified atom stereocenters. The van der Waals surface area contributed by atoms with Gasteiger partial charge in [-0.2, -0.15) is 0 Å². The Morgan fingerprint density at radius 1 is 0.968 bits per heavy atom. The molecule has 1 aliphatic carbocycles. The fourth-order valence-corrected chi connectivity index (χ4v) is 4.71. The van der Waals surface area contributed by atoms with Crippen molar-refractivity contribution in [3.05, 3.63) is 82.8 Å². The molecule has 160 valence electrons. The molecule has 0 radical (unpaired) electrons. The molecule has 31 heavy (non-hydrogen) atoms. The van der Waals surface area contributed by atoms with Crippen molar-refractivity contribution in [2.75, 3.05) is 0 Å². The highest BCUT2D eigenvalue weighted by Gasteiger charge is 2.35. The zero-order valence-electron chi connectivity index (χ0n) is 19.5. The highest BCUT2D eigenvalue weighted by Crippen LogP contribution is 2.47. The molecule has 0 atom stereocenters. The molecule has 0 fully saturated rings. The molecule has 0 saturated heterocycles. The number of rotatable bonds is 4. The van der Waals surface area contributed by atoms with Gasteiger partial charge in [-0.15, -0.1) is 0 Å². The Kier molecular flexibility index (Phi) is 5.60. The zero-order chi connectivity index (χ0) is 22.3. The summed E-state index contributed by atoms with van der Waals surface area (Å²) in [5.74, 6) is 0.508. The van der Waals surface area contributed by atoms with E-state index in [1.165, 1.54) is 27.8 Å². The van der Waals surface area contributed by atoms with Crippen LogP contribution in [0.3, 0.4) is 0 Å². The number of pyridine rings is 1. The molecule has 2 heteroatoms. The summed E-state index contributed by atoms with van der Waals surface area (Å²) >= 11 is 0. The maximum absolute atomic E-state index is 13.8. The van der Waals surface area contributed by atoms with Crippen molar-refractivity contribution in [1.82, 2.24) is 4.98 Å². The molecule has 0 bridgehead atoms. The number of nitrogens with zero attached hydrogens (tertiary/aromatic N) is 1. The molecule has 0 aliphatic heterocycles. The second-order valence-electron chi connectivity index (χ2n) is 9.98. The van der Waals surface area contributed by atoms with Gasteiger partial charge in [-0.1, -0.05) is 90.1 Å². The molecule has 1 aromatic heterocycles. The van der Waals surface area contributed by atoms with E-state index in [2.05, 4.69) is 78.0 Å². The summed E-state index contributed by atoms with van der Waals surface area (Å²) in [6.07, 6.45) is 5.38. The standard InChI is InChI=1S/C29H32FN/c1-18(2)11-16-23-26(20-12-14-21(30)15-13-20)24-17-29(5,6)25-10-8-7-9-22(25)28(24)31-27(23)19(3)4/h7-16,18-19H,17H2,1-6H3/b16-11+. The van der Waals surface area contributed by atoms with Crippen LogP contribution < -0.4 is 0 Å². The van der Waals surface area contributed by atoms with E-state index in [1.54, 1.807) is 12.1 Å². The highest BCUT2D eigenvalue weighted by molar-refractivity contribution is 5.87. The van der Waals surface area contributed by atoms with Gasteiger partial charge in [0.25, 0.3) is 0 Å². The van der Waals surface area contributed by atoms with Crippen LogP contribution in [-0.2, 0) is 11.8 Å². The van der Waals surface area contributed by atoms with E-state index in [0.717, 1.165) is 23.4 Å². The minimum absolute atomic E-state index is 0.00155. The Hall–Kier alpha value is -2.74. The number of fused-ring (bicyclic) bond motifs is 3. The number of hydrogen-bond donors (Lipinski definition) is 0. The average Bonchev–Trinajstić information content (AvgIpc) is 2.72. The van der Waals surface area contributed by atoms with Crippen LogP contribution in [0.25, 0.3) is 28.5 Å². The summed E-state index contributed by atoms with van der Waals surface area (Å²) in [5, 5.41) is 0. The van der Waals surface area contributed by atoms with Crippen LogP contribution in [0.4, 0.5) is 4.39 Å². The Morgan fingerprint density at radius 2 is 1.65 bits per heavy atom. The van der Waals surface area contributed by atoms with Crippen molar-refractivity contribution in [2.45, 2.75) is 59.3 Å². The van der Waals surface area contributed by atoms with Gasteiger partial charge in [0.15, 0.2) is 0 Å². The average molecular weight is 414 g/mol. The van der Waals surface area contributed by atoms with Crippen LogP contribution in [-0.4, -0.2) is 4.98 Å². The lowest BCUT2D eigenvalue weighted by Crippen LogP contribution is -2.27. The second kappa shape index (κ2) is 8.07. The largest absolute Gasteiger partial charge is 0.252 e. The predicted octanol–water partition coefficient (Wildman–Crippen LogP) is 8.18. The monoisotopic (exact) mass is 413 g/mol. The van der Waals surface area contributed by atoms with Gasteiger partial charge in [0.1, 0.15) is 5.82 Å². The Labute approximate surface area is 186 Å². The van der Waals surface area contributed by atoms with Gasteiger partial charge in [0.2, 0.25) is 0 Å². The molecule has 0 amide bonds. The summed E-state index contributed by atoms with van der Waals surface area (Å²) in [5.41, 5.74) is 9.45. The molecule has 0 spiro atoms. The third-order valence-electron chi connectivity index (χ3n) is 6.22. The molecule has 1 heterocycles. The van der Waals surface area contributed by atoms with E-state index in [4.69, 9.17) is 4.98 Å². The van der Waals surface area contributed by atoms with Crippen LogP contribution in [0.5, 0.6) is 0 Å². The van der Waals surface area contributed by atoms with E-state index >= 15 is 0 Å². The summed E-state index contributed by atoms with van der Waals surface area (Å²) in [7, 11) is 0. The van der Waals surface area contributed by atoms with Gasteiger partial charge in [-0.3, -0.25) is 4.98 Å². The Bertz CT molecular complexity index is 1130. The predicted molar refractivity (Wildman–Crippen MR) is 130 cm³/mol. The number of hydrogen-bond acceptors (Lipinski definition) is 1. The first-order chi connectivity index (χ1) is 14.7. The van der Waals surface area contributed by atoms with E-state index in [0.29, 0.717) is 5.92 Å². The van der Waals surface area contributed by atoms with Crippen molar-refractivity contribution in [3.8, 4) is 22.4 Å². The van der Waals surface area contributed by atoms with Gasteiger partial charge in [-0.05, 0) is 58.1 Å². The SMILES string of the molecule is CC(C)/C=C/c1c(C(C)C)nc2c(c1-c1ccc(F)cc1)CC(C)(C)c1ccccc1-2. The molecule has 4 rings (SSSR count). The van der Waals surface area contributed by atoms with Gasteiger partial charge in [-0.25, -0.2) is 4.39 Å². The smallest absolute Gasteiger partial charge is 0.123 e. The summed E-state index contributed by atoms with van der Waals surface area (Å²) in [4.78, 5) is 5.28. The Balaban J connectivity index is 2.12. The first-order valence-corrected chi connectivity index (χ1v) is 11.3. The molecule has 2 aromatic carbocycles. The minimum Gasteiger partial charge on any atom is -0.252 e. The fourth-order valence-electron chi connectivity index (χ4n) is 4.71. The van der Waals surface area contributed by atoms with Crippen LogP contribution in [0.15, 0.2) is 54.6 Å². The molecular weight excluding hydrogens is 381 g/mol. The number of allylic oxidation sites excluding steroid dienone is 1. The highest BCUT2D eigenvalue weighted by atomic mass is 19.1. The normalized spacial score (nSPS) is 14.9. The van der Waals surface area contributed by atoms with Gasteiger partial charge < -0.3 is 0 Å². The summed E-state index contributed by atoms with van der Waals surface area (Å²) < 4.78 is 13.8. The van der Waals surface area contributed by atoms with Gasteiger partial charge in [0.05, 0.1) is 11.4 Å².